The maximum absolute atomic E-state index is 7.00. The van der Waals surface area contributed by atoms with E-state index in [1.807, 2.05) is 0 Å². The normalized spacial score (nSPS) is 19.3. The summed E-state index contributed by atoms with van der Waals surface area (Å²) in [7, 11) is 1.00. The Morgan fingerprint density at radius 2 is 1.79 bits per heavy atom. The summed E-state index contributed by atoms with van der Waals surface area (Å²) in [6.07, 6.45) is 2.65. The number of hydrogen-bond acceptors (Lipinski definition) is 3. The van der Waals surface area contributed by atoms with Gasteiger partial charge in [-0.1, -0.05) is 6.92 Å². The number of nitrogens with one attached hydrogen (secondary N) is 1. The van der Waals surface area contributed by atoms with E-state index in [1.54, 1.807) is 0 Å². The van der Waals surface area contributed by atoms with Crippen molar-refractivity contribution in [3.8, 4) is 0 Å². The largest absolute Gasteiger partial charge is 0.400 e. The second-order valence-electron chi connectivity index (χ2n) is 3.96. The first-order valence-electron chi connectivity index (χ1n) is 5.66. The highest BCUT2D eigenvalue weighted by Crippen LogP contribution is 2.12. The lowest BCUT2D eigenvalue weighted by atomic mass is 10.0. The second-order valence-corrected chi connectivity index (χ2v) is 3.96. The molecular weight excluding hydrogens is 176 g/mol. The summed E-state index contributed by atoms with van der Waals surface area (Å²) < 4.78 is 0. The van der Waals surface area contributed by atoms with Crippen molar-refractivity contribution < 1.29 is 5.11 Å². The zero-order valence-corrected chi connectivity index (χ0v) is 10.1. The molecule has 1 saturated heterocycles. The number of aliphatic hydroxyl groups excluding tert-OH is 1. The number of nitrogens with zero attached hydrogens (tertiary/aromatic N) is 1. The second kappa shape index (κ2) is 8.21. The van der Waals surface area contributed by atoms with Gasteiger partial charge in [-0.15, -0.1) is 0 Å². The molecule has 3 heteroatoms. The summed E-state index contributed by atoms with van der Waals surface area (Å²) in [4.78, 5) is 2.56. The molecule has 3 nitrogen and oxygen atoms in total. The lowest BCUT2D eigenvalue weighted by Gasteiger charge is -2.34. The van der Waals surface area contributed by atoms with Gasteiger partial charge in [0.05, 0.1) is 0 Å². The van der Waals surface area contributed by atoms with Crippen molar-refractivity contribution in [3.63, 3.8) is 0 Å². The molecule has 1 heterocycles. The number of hydrogen-bond donors (Lipinski definition) is 2. The van der Waals surface area contributed by atoms with E-state index in [2.05, 4.69) is 31.0 Å². The van der Waals surface area contributed by atoms with Crippen LogP contribution in [0.4, 0.5) is 0 Å². The average Bonchev–Trinajstić information content (AvgIpc) is 2.22. The molecule has 0 spiro atoms. The van der Waals surface area contributed by atoms with Crippen LogP contribution in [0.25, 0.3) is 0 Å². The van der Waals surface area contributed by atoms with Gasteiger partial charge in [-0.05, 0) is 46.3 Å². The highest BCUT2D eigenvalue weighted by molar-refractivity contribution is 4.78. The van der Waals surface area contributed by atoms with Crippen LogP contribution in [-0.2, 0) is 0 Å². The van der Waals surface area contributed by atoms with Crippen LogP contribution in [0, 0.1) is 0 Å². The van der Waals surface area contributed by atoms with Gasteiger partial charge in [-0.3, -0.25) is 0 Å². The Hall–Kier alpha value is -0.120. The molecule has 0 saturated carbocycles. The van der Waals surface area contributed by atoms with Crippen LogP contribution in [0.15, 0.2) is 0 Å². The van der Waals surface area contributed by atoms with E-state index in [1.165, 1.54) is 25.9 Å². The van der Waals surface area contributed by atoms with E-state index in [0.29, 0.717) is 0 Å². The van der Waals surface area contributed by atoms with Gasteiger partial charge in [0.1, 0.15) is 0 Å². The molecule has 0 aromatic carbocycles. The van der Waals surface area contributed by atoms with Gasteiger partial charge in [-0.2, -0.15) is 0 Å². The molecule has 1 rings (SSSR count). The first-order chi connectivity index (χ1) is 6.74. The summed E-state index contributed by atoms with van der Waals surface area (Å²) in [5.74, 6) is 0. The summed E-state index contributed by atoms with van der Waals surface area (Å²) in [6.45, 7) is 10.4. The standard InChI is InChI=1S/C10H22N2.CH4O/c1-4-11-10-5-7-12(8-6-10)9(2)3;1-2/h9-11H,4-8H2,1-3H3;2H,1H3. The van der Waals surface area contributed by atoms with Gasteiger partial charge in [0.2, 0.25) is 0 Å². The molecule has 1 aliphatic heterocycles. The van der Waals surface area contributed by atoms with Crippen molar-refractivity contribution in [2.24, 2.45) is 0 Å². The summed E-state index contributed by atoms with van der Waals surface area (Å²) >= 11 is 0. The molecule has 86 valence electrons. The smallest absolute Gasteiger partial charge is 0.0319 e. The maximum Gasteiger partial charge on any atom is 0.0319 e. The van der Waals surface area contributed by atoms with Gasteiger partial charge in [0.25, 0.3) is 0 Å². The number of rotatable bonds is 3. The third-order valence-electron chi connectivity index (χ3n) is 2.75. The zero-order valence-electron chi connectivity index (χ0n) is 10.1. The minimum Gasteiger partial charge on any atom is -0.400 e. The van der Waals surface area contributed by atoms with Gasteiger partial charge in [0.15, 0.2) is 0 Å². The molecular formula is C11H26N2O. The van der Waals surface area contributed by atoms with Crippen molar-refractivity contribution in [1.82, 2.24) is 10.2 Å². The van der Waals surface area contributed by atoms with E-state index in [9.17, 15) is 0 Å². The van der Waals surface area contributed by atoms with Crippen molar-refractivity contribution in [1.29, 1.82) is 0 Å². The third-order valence-corrected chi connectivity index (χ3v) is 2.75. The van der Waals surface area contributed by atoms with Crippen molar-refractivity contribution in [2.45, 2.75) is 45.7 Å². The monoisotopic (exact) mass is 202 g/mol. The lowest BCUT2D eigenvalue weighted by Crippen LogP contribution is -2.44. The SMILES string of the molecule is CCNC1CCN(C(C)C)CC1.CO. The van der Waals surface area contributed by atoms with E-state index in [4.69, 9.17) is 5.11 Å². The van der Waals surface area contributed by atoms with Crippen molar-refractivity contribution in [2.75, 3.05) is 26.7 Å². The van der Waals surface area contributed by atoms with Gasteiger partial charge in [-0.25, -0.2) is 0 Å². The minimum absolute atomic E-state index is 0.729. The fourth-order valence-corrected chi connectivity index (χ4v) is 1.91. The van der Waals surface area contributed by atoms with E-state index >= 15 is 0 Å². The van der Waals surface area contributed by atoms with Gasteiger partial charge >= 0.3 is 0 Å². The maximum atomic E-state index is 7.00. The zero-order chi connectivity index (χ0) is 11.0. The quantitative estimate of drug-likeness (QED) is 0.719. The molecule has 0 atom stereocenters. The number of aliphatic hydroxyl groups is 1. The first kappa shape index (κ1) is 13.9. The minimum atomic E-state index is 0.729. The fraction of sp³-hybridized carbons (Fsp3) is 1.00. The number of likely N-dealkylation sites (tertiary alicyclic amines) is 1. The molecule has 0 amide bonds. The Bertz CT molecular complexity index is 120. The predicted molar refractivity (Wildman–Crippen MR) is 61.6 cm³/mol. The van der Waals surface area contributed by atoms with Crippen molar-refractivity contribution in [3.05, 3.63) is 0 Å². The highest BCUT2D eigenvalue weighted by atomic mass is 16.2. The Morgan fingerprint density at radius 3 is 2.14 bits per heavy atom. The molecule has 0 bridgehead atoms. The predicted octanol–water partition coefficient (Wildman–Crippen LogP) is 1.08. The summed E-state index contributed by atoms with van der Waals surface area (Å²) in [5.41, 5.74) is 0. The van der Waals surface area contributed by atoms with E-state index < -0.39 is 0 Å². The van der Waals surface area contributed by atoms with Gasteiger partial charge in [0, 0.05) is 19.2 Å². The molecule has 0 unspecified atom stereocenters. The average molecular weight is 202 g/mol. The summed E-state index contributed by atoms with van der Waals surface area (Å²) in [6, 6.07) is 1.51. The first-order valence-corrected chi connectivity index (χ1v) is 5.66. The fourth-order valence-electron chi connectivity index (χ4n) is 1.91. The Balaban J connectivity index is 0.000000791. The Morgan fingerprint density at radius 1 is 1.29 bits per heavy atom. The molecule has 0 aromatic heterocycles. The van der Waals surface area contributed by atoms with Crippen molar-refractivity contribution >= 4 is 0 Å². The van der Waals surface area contributed by atoms with E-state index in [-0.39, 0.29) is 0 Å². The van der Waals surface area contributed by atoms with Gasteiger partial charge < -0.3 is 15.3 Å². The molecule has 2 N–H and O–H groups in total. The van der Waals surface area contributed by atoms with Crippen LogP contribution < -0.4 is 5.32 Å². The van der Waals surface area contributed by atoms with Crippen LogP contribution in [0.1, 0.15) is 33.6 Å². The van der Waals surface area contributed by atoms with Crippen LogP contribution in [0.5, 0.6) is 0 Å². The summed E-state index contributed by atoms with van der Waals surface area (Å²) in [5, 5.41) is 10.5. The number of piperidine rings is 1. The Kier molecular flexibility index (Phi) is 8.14. The van der Waals surface area contributed by atoms with Crippen LogP contribution in [0.3, 0.4) is 0 Å². The molecule has 14 heavy (non-hydrogen) atoms. The molecule has 0 aromatic rings. The molecule has 0 aliphatic carbocycles. The van der Waals surface area contributed by atoms with Crippen LogP contribution in [-0.4, -0.2) is 48.8 Å². The molecule has 1 aliphatic rings. The highest BCUT2D eigenvalue weighted by Gasteiger charge is 2.19. The topological polar surface area (TPSA) is 35.5 Å². The van der Waals surface area contributed by atoms with Crippen LogP contribution >= 0.6 is 0 Å². The third kappa shape index (κ3) is 4.94. The molecule has 0 radical (unpaired) electrons. The lowest BCUT2D eigenvalue weighted by molar-refractivity contribution is 0.162. The Labute approximate surface area is 88.5 Å². The van der Waals surface area contributed by atoms with E-state index in [0.717, 1.165) is 25.7 Å². The molecule has 1 fully saturated rings. The van der Waals surface area contributed by atoms with Crippen LogP contribution in [0.2, 0.25) is 0 Å².